The van der Waals surface area contributed by atoms with Crippen LogP contribution in [-0.2, 0) is 19.3 Å². The summed E-state index contributed by atoms with van der Waals surface area (Å²) >= 11 is 0. The molecule has 0 fully saturated rings. The van der Waals surface area contributed by atoms with Gasteiger partial charge in [0.15, 0.2) is 0 Å². The number of hydrogen-bond acceptors (Lipinski definition) is 5. The number of rotatable bonds is 5. The molecule has 0 aliphatic rings. The minimum Gasteiger partial charge on any atom is -0.382 e. The fraction of sp³-hybridized carbons (Fsp3) is 0.429. The minimum atomic E-state index is -0.881. The van der Waals surface area contributed by atoms with Crippen molar-refractivity contribution in [3.05, 3.63) is 12.2 Å². The number of nitriles is 1. The highest BCUT2D eigenvalue weighted by Crippen LogP contribution is 1.92. The van der Waals surface area contributed by atoms with E-state index < -0.39 is 5.97 Å². The van der Waals surface area contributed by atoms with Crippen LogP contribution < -0.4 is 0 Å². The van der Waals surface area contributed by atoms with Gasteiger partial charge in [-0.2, -0.15) is 10.1 Å². The van der Waals surface area contributed by atoms with Crippen molar-refractivity contribution in [2.45, 2.75) is 0 Å². The van der Waals surface area contributed by atoms with E-state index in [-0.39, 0.29) is 12.2 Å². The Kier molecular flexibility index (Phi) is 5.61. The molecule has 0 aromatic rings. The lowest BCUT2D eigenvalue weighted by molar-refractivity contribution is -0.271. The Balaban J connectivity index is 3.46. The zero-order valence-electron chi connectivity index (χ0n) is 6.70. The quantitative estimate of drug-likeness (QED) is 0.194. The van der Waals surface area contributed by atoms with Gasteiger partial charge in [-0.15, -0.1) is 0 Å². The van der Waals surface area contributed by atoms with E-state index in [0.29, 0.717) is 6.61 Å². The van der Waals surface area contributed by atoms with Crippen molar-refractivity contribution in [2.24, 2.45) is 0 Å². The lowest BCUT2D eigenvalue weighted by Gasteiger charge is -2.00. The lowest BCUT2D eigenvalue weighted by Crippen LogP contribution is -2.09. The summed E-state index contributed by atoms with van der Waals surface area (Å²) in [5, 5.41) is 8.18. The Morgan fingerprint density at radius 3 is 2.75 bits per heavy atom. The predicted molar refractivity (Wildman–Crippen MR) is 38.7 cm³/mol. The van der Waals surface area contributed by atoms with Crippen molar-refractivity contribution in [1.82, 2.24) is 0 Å². The standard InChI is InChI=1S/C7H9NO4/c1-6(5-8)7(9)12-11-4-3-10-2/h1,3-4H2,2H3. The molecule has 0 atom stereocenters. The van der Waals surface area contributed by atoms with Crippen LogP contribution >= 0.6 is 0 Å². The average molecular weight is 171 g/mol. The van der Waals surface area contributed by atoms with Crippen molar-refractivity contribution >= 4 is 5.97 Å². The Bertz CT molecular complexity index is 206. The van der Waals surface area contributed by atoms with Gasteiger partial charge in [-0.1, -0.05) is 6.58 Å². The van der Waals surface area contributed by atoms with Gasteiger partial charge < -0.3 is 4.74 Å². The second-order valence-corrected chi connectivity index (χ2v) is 1.78. The van der Waals surface area contributed by atoms with Crippen LogP contribution in [0.4, 0.5) is 0 Å². The first-order valence-corrected chi connectivity index (χ1v) is 3.14. The lowest BCUT2D eigenvalue weighted by atomic mass is 10.4. The molecule has 0 rings (SSSR count). The fourth-order valence-electron chi connectivity index (χ4n) is 0.308. The summed E-state index contributed by atoms with van der Waals surface area (Å²) in [4.78, 5) is 19.2. The number of ether oxygens (including phenoxy) is 1. The first-order valence-electron chi connectivity index (χ1n) is 3.14. The van der Waals surface area contributed by atoms with Gasteiger partial charge in [0.05, 0.1) is 6.61 Å². The van der Waals surface area contributed by atoms with Crippen LogP contribution in [0, 0.1) is 11.3 Å². The van der Waals surface area contributed by atoms with Crippen LogP contribution in [0.2, 0.25) is 0 Å². The van der Waals surface area contributed by atoms with E-state index in [1.807, 2.05) is 0 Å². The van der Waals surface area contributed by atoms with Gasteiger partial charge in [0, 0.05) is 7.11 Å². The summed E-state index contributed by atoms with van der Waals surface area (Å²) < 4.78 is 4.61. The minimum absolute atomic E-state index is 0.126. The predicted octanol–water partition coefficient (Wildman–Crippen LogP) is 0.187. The fourth-order valence-corrected chi connectivity index (χ4v) is 0.308. The molecular formula is C7H9NO4. The molecule has 0 N–H and O–H groups in total. The molecule has 0 amide bonds. The Hall–Kier alpha value is -1.38. The van der Waals surface area contributed by atoms with Crippen LogP contribution in [0.25, 0.3) is 0 Å². The molecule has 0 spiro atoms. The maximum absolute atomic E-state index is 10.6. The number of carbonyl (C=O) groups excluding carboxylic acids is 1. The van der Waals surface area contributed by atoms with E-state index in [1.165, 1.54) is 13.2 Å². The van der Waals surface area contributed by atoms with Gasteiger partial charge in [0.1, 0.15) is 18.2 Å². The smallest absolute Gasteiger partial charge is 0.382 e. The number of carbonyl (C=O) groups is 1. The molecular weight excluding hydrogens is 162 g/mol. The highest BCUT2D eigenvalue weighted by atomic mass is 17.2. The zero-order valence-corrected chi connectivity index (χ0v) is 6.70. The van der Waals surface area contributed by atoms with E-state index in [4.69, 9.17) is 5.26 Å². The molecule has 0 saturated heterocycles. The summed E-state index contributed by atoms with van der Waals surface area (Å²) in [5.41, 5.74) is -0.299. The van der Waals surface area contributed by atoms with Crippen LogP contribution in [0.15, 0.2) is 12.2 Å². The van der Waals surface area contributed by atoms with Gasteiger partial charge in [-0.25, -0.2) is 4.79 Å². The van der Waals surface area contributed by atoms with Crippen LogP contribution in [0.5, 0.6) is 0 Å². The highest BCUT2D eigenvalue weighted by Gasteiger charge is 2.07. The molecule has 0 aromatic heterocycles. The number of hydrogen-bond donors (Lipinski definition) is 0. The Morgan fingerprint density at radius 2 is 2.25 bits per heavy atom. The normalized spacial score (nSPS) is 8.67. The molecule has 0 radical (unpaired) electrons. The van der Waals surface area contributed by atoms with Crippen LogP contribution in [0.1, 0.15) is 0 Å². The van der Waals surface area contributed by atoms with Gasteiger partial charge in [-0.3, -0.25) is 4.89 Å². The first kappa shape index (κ1) is 10.6. The van der Waals surface area contributed by atoms with Crippen molar-refractivity contribution in [2.75, 3.05) is 20.3 Å². The molecule has 0 bridgehead atoms. The van der Waals surface area contributed by atoms with Gasteiger partial charge in [-0.05, 0) is 0 Å². The summed E-state index contributed by atoms with van der Waals surface area (Å²) in [6.07, 6.45) is 0. The van der Waals surface area contributed by atoms with Gasteiger partial charge >= 0.3 is 5.97 Å². The molecule has 0 aromatic carbocycles. The largest absolute Gasteiger partial charge is 0.382 e. The van der Waals surface area contributed by atoms with Crippen molar-refractivity contribution in [3.63, 3.8) is 0 Å². The molecule has 12 heavy (non-hydrogen) atoms. The third-order valence-electron chi connectivity index (χ3n) is 0.887. The molecule has 0 unspecified atom stereocenters. The SMILES string of the molecule is C=C(C#N)C(=O)OOCCOC. The van der Waals surface area contributed by atoms with E-state index in [2.05, 4.69) is 21.1 Å². The summed E-state index contributed by atoms with van der Waals surface area (Å²) in [5.74, 6) is -0.881. The number of nitrogens with zero attached hydrogens (tertiary/aromatic N) is 1. The topological polar surface area (TPSA) is 68.6 Å². The molecule has 5 nitrogen and oxygen atoms in total. The maximum Gasteiger partial charge on any atom is 0.382 e. The van der Waals surface area contributed by atoms with E-state index >= 15 is 0 Å². The second-order valence-electron chi connectivity index (χ2n) is 1.78. The zero-order chi connectivity index (χ0) is 9.40. The number of methoxy groups -OCH3 is 1. The molecule has 0 saturated carbocycles. The second kappa shape index (κ2) is 6.34. The van der Waals surface area contributed by atoms with Crippen molar-refractivity contribution < 1.29 is 19.3 Å². The average Bonchev–Trinajstić information content (AvgIpc) is 2.10. The molecule has 66 valence electrons. The summed E-state index contributed by atoms with van der Waals surface area (Å²) in [6, 6.07) is 1.53. The molecule has 5 heteroatoms. The third kappa shape index (κ3) is 4.44. The van der Waals surface area contributed by atoms with Crippen molar-refractivity contribution in [3.8, 4) is 6.07 Å². The monoisotopic (exact) mass is 171 g/mol. The van der Waals surface area contributed by atoms with E-state index in [0.717, 1.165) is 0 Å². The molecule has 0 aliphatic carbocycles. The summed E-state index contributed by atoms with van der Waals surface area (Å²) in [7, 11) is 1.49. The Labute approximate surface area is 70.1 Å². The van der Waals surface area contributed by atoms with Crippen molar-refractivity contribution in [1.29, 1.82) is 5.26 Å². The highest BCUT2D eigenvalue weighted by molar-refractivity contribution is 5.91. The first-order chi connectivity index (χ1) is 5.72. The van der Waals surface area contributed by atoms with Gasteiger partial charge in [0.25, 0.3) is 0 Å². The third-order valence-corrected chi connectivity index (χ3v) is 0.887. The molecule has 0 aliphatic heterocycles. The maximum atomic E-state index is 10.6. The van der Waals surface area contributed by atoms with E-state index in [9.17, 15) is 4.79 Å². The molecule has 0 heterocycles. The summed E-state index contributed by atoms with van der Waals surface area (Å²) in [6.45, 7) is 3.56. The Morgan fingerprint density at radius 1 is 1.58 bits per heavy atom. The van der Waals surface area contributed by atoms with Crippen LogP contribution in [0.3, 0.4) is 0 Å². The van der Waals surface area contributed by atoms with Gasteiger partial charge in [0.2, 0.25) is 0 Å². The van der Waals surface area contributed by atoms with Crippen LogP contribution in [-0.4, -0.2) is 26.3 Å². The van der Waals surface area contributed by atoms with E-state index in [1.54, 1.807) is 0 Å².